The summed E-state index contributed by atoms with van der Waals surface area (Å²) in [7, 11) is 0. The molecule has 0 radical (unpaired) electrons. The molecule has 2 aromatic carbocycles. The summed E-state index contributed by atoms with van der Waals surface area (Å²) in [4.78, 5) is 4.57. The van der Waals surface area contributed by atoms with Crippen molar-refractivity contribution in [2.24, 2.45) is 0 Å². The second-order valence-electron chi connectivity index (χ2n) is 8.51. The van der Waals surface area contributed by atoms with Gasteiger partial charge in [-0.1, -0.05) is 43.8 Å². The van der Waals surface area contributed by atoms with Gasteiger partial charge >= 0.3 is 0 Å². The van der Waals surface area contributed by atoms with E-state index in [2.05, 4.69) is 36.9 Å². The number of nitrogens with zero attached hydrogens (tertiary/aromatic N) is 2. The number of hydrogen-bond donors (Lipinski definition) is 1. The Labute approximate surface area is 176 Å². The SMILES string of the molecule is CC(C)c1ccc2c(c1)C(N1CC[N+]([O-])(CCO)CC1)Cc1ccc(F)cc1S2. The quantitative estimate of drug-likeness (QED) is 0.596. The molecule has 6 heteroatoms. The highest BCUT2D eigenvalue weighted by Crippen LogP contribution is 2.44. The maximum Gasteiger partial charge on any atom is 0.124 e. The van der Waals surface area contributed by atoms with E-state index in [9.17, 15) is 14.7 Å². The Morgan fingerprint density at radius 1 is 1.17 bits per heavy atom. The first-order valence-corrected chi connectivity index (χ1v) is 11.2. The Hall–Kier alpha value is -1.44. The lowest BCUT2D eigenvalue weighted by atomic mass is 9.93. The van der Waals surface area contributed by atoms with Crippen molar-refractivity contribution in [3.05, 3.63) is 64.1 Å². The van der Waals surface area contributed by atoms with Crippen molar-refractivity contribution in [3.8, 4) is 0 Å². The van der Waals surface area contributed by atoms with Gasteiger partial charge in [0.05, 0.1) is 19.7 Å². The van der Waals surface area contributed by atoms with E-state index in [1.165, 1.54) is 16.0 Å². The largest absolute Gasteiger partial charge is 0.633 e. The molecule has 0 aromatic heterocycles. The Bertz CT molecular complexity index is 881. The van der Waals surface area contributed by atoms with Crippen LogP contribution in [0.25, 0.3) is 0 Å². The molecule has 2 aromatic rings. The summed E-state index contributed by atoms with van der Waals surface area (Å²) in [6, 6.07) is 11.9. The van der Waals surface area contributed by atoms with Crippen molar-refractivity contribution in [3.63, 3.8) is 0 Å². The van der Waals surface area contributed by atoms with Crippen LogP contribution in [-0.2, 0) is 6.42 Å². The van der Waals surface area contributed by atoms with Gasteiger partial charge in [0.1, 0.15) is 12.4 Å². The molecule has 156 valence electrons. The van der Waals surface area contributed by atoms with Crippen LogP contribution in [0.15, 0.2) is 46.2 Å². The van der Waals surface area contributed by atoms with Crippen LogP contribution in [-0.4, -0.2) is 54.0 Å². The first-order chi connectivity index (χ1) is 13.9. The van der Waals surface area contributed by atoms with Crippen LogP contribution in [0.4, 0.5) is 4.39 Å². The third-order valence-corrected chi connectivity index (χ3v) is 7.45. The molecule has 1 fully saturated rings. The zero-order valence-electron chi connectivity index (χ0n) is 17.1. The lowest BCUT2D eigenvalue weighted by molar-refractivity contribution is -0.885. The van der Waals surface area contributed by atoms with Gasteiger partial charge in [-0.25, -0.2) is 4.39 Å². The molecule has 2 aliphatic heterocycles. The summed E-state index contributed by atoms with van der Waals surface area (Å²) in [5, 5.41) is 22.0. The smallest absolute Gasteiger partial charge is 0.124 e. The molecule has 0 amide bonds. The molecule has 0 bridgehead atoms. The normalized spacial score (nSPS) is 21.5. The summed E-state index contributed by atoms with van der Waals surface area (Å²) in [5.41, 5.74) is 3.75. The lowest BCUT2D eigenvalue weighted by Gasteiger charge is -2.49. The molecule has 1 atom stereocenters. The number of hydrogen-bond acceptors (Lipinski definition) is 4. The summed E-state index contributed by atoms with van der Waals surface area (Å²) >= 11 is 1.65. The van der Waals surface area contributed by atoms with Gasteiger partial charge in [0.25, 0.3) is 0 Å². The van der Waals surface area contributed by atoms with E-state index in [-0.39, 0.29) is 29.7 Å². The second-order valence-corrected chi connectivity index (χ2v) is 9.60. The predicted octanol–water partition coefficient (Wildman–Crippen LogP) is 4.32. The molecule has 2 heterocycles. The molecule has 4 rings (SSSR count). The van der Waals surface area contributed by atoms with Gasteiger partial charge in [0.15, 0.2) is 0 Å². The van der Waals surface area contributed by atoms with Crippen LogP contribution in [0.5, 0.6) is 0 Å². The fourth-order valence-electron chi connectivity index (χ4n) is 4.40. The Kier molecular flexibility index (Phi) is 6.00. The maximum atomic E-state index is 13.9. The predicted molar refractivity (Wildman–Crippen MR) is 114 cm³/mol. The maximum absolute atomic E-state index is 13.9. The van der Waals surface area contributed by atoms with Crippen molar-refractivity contribution < 1.29 is 14.1 Å². The highest BCUT2D eigenvalue weighted by molar-refractivity contribution is 7.99. The van der Waals surface area contributed by atoms with Gasteiger partial charge in [0.2, 0.25) is 0 Å². The third kappa shape index (κ3) is 4.37. The number of aliphatic hydroxyl groups excluding tert-OH is 1. The monoisotopic (exact) mass is 416 g/mol. The number of benzene rings is 2. The van der Waals surface area contributed by atoms with Crippen molar-refractivity contribution in [2.75, 3.05) is 39.3 Å². The van der Waals surface area contributed by atoms with Crippen LogP contribution in [0.1, 0.15) is 42.5 Å². The Morgan fingerprint density at radius 2 is 1.93 bits per heavy atom. The van der Waals surface area contributed by atoms with Gasteiger partial charge in [-0.3, -0.25) is 4.90 Å². The third-order valence-electron chi connectivity index (χ3n) is 6.26. The highest BCUT2D eigenvalue weighted by atomic mass is 32.2. The van der Waals surface area contributed by atoms with E-state index < -0.39 is 0 Å². The minimum Gasteiger partial charge on any atom is -0.633 e. The molecule has 0 saturated carbocycles. The molecule has 29 heavy (non-hydrogen) atoms. The number of quaternary nitrogens is 1. The van der Waals surface area contributed by atoms with E-state index in [0.29, 0.717) is 32.1 Å². The second kappa shape index (κ2) is 8.36. The minimum absolute atomic E-state index is 0.0664. The molecule has 1 N–H and O–H groups in total. The summed E-state index contributed by atoms with van der Waals surface area (Å²) in [6.07, 6.45) is 0.815. The molecule has 0 spiro atoms. The van der Waals surface area contributed by atoms with Gasteiger partial charge in [-0.2, -0.15) is 0 Å². The zero-order chi connectivity index (χ0) is 20.6. The minimum atomic E-state index is -0.310. The number of rotatable bonds is 4. The molecule has 2 aliphatic rings. The average Bonchev–Trinajstić information content (AvgIpc) is 2.84. The summed E-state index contributed by atoms with van der Waals surface area (Å²) < 4.78 is 13.6. The molecular weight excluding hydrogens is 387 g/mol. The number of fused-ring (bicyclic) bond motifs is 2. The molecule has 0 aliphatic carbocycles. The first kappa shape index (κ1) is 20.8. The average molecular weight is 417 g/mol. The van der Waals surface area contributed by atoms with E-state index >= 15 is 0 Å². The number of halogens is 1. The van der Waals surface area contributed by atoms with E-state index in [1.54, 1.807) is 23.9 Å². The summed E-state index contributed by atoms with van der Waals surface area (Å²) in [6.45, 7) is 7.02. The van der Waals surface area contributed by atoms with E-state index in [4.69, 9.17) is 0 Å². The summed E-state index contributed by atoms with van der Waals surface area (Å²) in [5.74, 6) is 0.233. The van der Waals surface area contributed by atoms with Crippen LogP contribution < -0.4 is 0 Å². The van der Waals surface area contributed by atoms with Crippen molar-refractivity contribution in [2.45, 2.75) is 42.0 Å². The zero-order valence-corrected chi connectivity index (χ0v) is 17.9. The first-order valence-electron chi connectivity index (χ1n) is 10.4. The number of hydroxylamine groups is 3. The van der Waals surface area contributed by atoms with Crippen LogP contribution in [0, 0.1) is 11.0 Å². The van der Waals surface area contributed by atoms with Gasteiger partial charge in [-0.05, 0) is 47.2 Å². The molecule has 1 unspecified atom stereocenters. The fraction of sp³-hybridized carbons (Fsp3) is 0.478. The Morgan fingerprint density at radius 3 is 2.62 bits per heavy atom. The van der Waals surface area contributed by atoms with Crippen molar-refractivity contribution in [1.82, 2.24) is 4.90 Å². The topological polar surface area (TPSA) is 46.5 Å². The van der Waals surface area contributed by atoms with Crippen LogP contribution in [0.2, 0.25) is 0 Å². The van der Waals surface area contributed by atoms with Crippen molar-refractivity contribution in [1.29, 1.82) is 0 Å². The number of piperazine rings is 1. The van der Waals surface area contributed by atoms with Crippen LogP contribution in [0.3, 0.4) is 0 Å². The number of aliphatic hydroxyl groups is 1. The fourth-order valence-corrected chi connectivity index (χ4v) is 5.54. The molecular formula is C23H29FN2O2S. The standard InChI is InChI=1S/C23H29FN2O2S/c1-16(2)17-4-6-22-20(13-17)21(14-18-3-5-19(24)15-23(18)29-22)25-7-9-26(28,10-8-25)11-12-27/h3-6,13,15-16,21,27H,7-12,14H2,1-2H3. The van der Waals surface area contributed by atoms with Gasteiger partial charge in [-0.15, -0.1) is 0 Å². The van der Waals surface area contributed by atoms with Crippen LogP contribution >= 0.6 is 11.8 Å². The molecule has 1 saturated heterocycles. The van der Waals surface area contributed by atoms with Gasteiger partial charge < -0.3 is 15.0 Å². The Balaban J connectivity index is 1.70. The lowest BCUT2D eigenvalue weighted by Crippen LogP contribution is -2.57. The molecule has 4 nitrogen and oxygen atoms in total. The highest BCUT2D eigenvalue weighted by Gasteiger charge is 2.33. The van der Waals surface area contributed by atoms with E-state index in [0.717, 1.165) is 16.9 Å². The van der Waals surface area contributed by atoms with E-state index in [1.807, 2.05) is 6.07 Å². The van der Waals surface area contributed by atoms with Crippen molar-refractivity contribution >= 4 is 11.8 Å². The van der Waals surface area contributed by atoms with Gasteiger partial charge in [0, 0.05) is 28.9 Å².